The summed E-state index contributed by atoms with van der Waals surface area (Å²) in [5.41, 5.74) is 2.01. The zero-order valence-electron chi connectivity index (χ0n) is 9.50. The molecule has 0 fully saturated rings. The third-order valence-corrected chi connectivity index (χ3v) is 2.66. The second kappa shape index (κ2) is 5.09. The van der Waals surface area contributed by atoms with E-state index in [0.717, 1.165) is 24.4 Å². The van der Waals surface area contributed by atoms with E-state index in [1.165, 1.54) is 0 Å². The molecule has 0 amide bonds. The Kier molecular flexibility index (Phi) is 3.54. The molecule has 4 nitrogen and oxygen atoms in total. The lowest BCUT2D eigenvalue weighted by Gasteiger charge is -2.17. The predicted molar refractivity (Wildman–Crippen MR) is 63.2 cm³/mol. The molecule has 0 radical (unpaired) electrons. The molecule has 0 saturated carbocycles. The molecular formula is C12H17N3O. The summed E-state index contributed by atoms with van der Waals surface area (Å²) in [6.45, 7) is 4.70. The van der Waals surface area contributed by atoms with E-state index < -0.39 is 0 Å². The van der Waals surface area contributed by atoms with Crippen LogP contribution in [0.3, 0.4) is 0 Å². The van der Waals surface area contributed by atoms with E-state index in [4.69, 9.17) is 5.11 Å². The van der Waals surface area contributed by atoms with Gasteiger partial charge in [-0.25, -0.2) is 4.98 Å². The Balaban J connectivity index is 2.14. The number of imidazole rings is 1. The van der Waals surface area contributed by atoms with Crippen LogP contribution in [0, 0.1) is 0 Å². The van der Waals surface area contributed by atoms with E-state index in [1.54, 1.807) is 0 Å². The third-order valence-electron chi connectivity index (χ3n) is 2.66. The molecule has 0 aliphatic rings. The zero-order chi connectivity index (χ0) is 11.4. The van der Waals surface area contributed by atoms with E-state index in [-0.39, 0.29) is 6.61 Å². The Morgan fingerprint density at radius 1 is 1.44 bits per heavy atom. The molecule has 0 aromatic carbocycles. The van der Waals surface area contributed by atoms with Crippen molar-refractivity contribution in [2.75, 3.05) is 19.7 Å². The number of rotatable bonds is 5. The number of hydrogen-bond acceptors (Lipinski definition) is 3. The first kappa shape index (κ1) is 11.1. The number of hydrogen-bond donors (Lipinski definition) is 1. The summed E-state index contributed by atoms with van der Waals surface area (Å²) in [6.07, 6.45) is 4.03. The van der Waals surface area contributed by atoms with E-state index in [2.05, 4.69) is 16.8 Å². The Bertz CT molecular complexity index is 419. The summed E-state index contributed by atoms with van der Waals surface area (Å²) in [7, 11) is 0. The average Bonchev–Trinajstić information content (AvgIpc) is 2.70. The zero-order valence-corrected chi connectivity index (χ0v) is 9.50. The second-order valence-corrected chi connectivity index (χ2v) is 3.79. The van der Waals surface area contributed by atoms with Crippen LogP contribution in [-0.2, 0) is 6.54 Å². The highest BCUT2D eigenvalue weighted by Gasteiger charge is 2.06. The minimum atomic E-state index is 0.196. The molecule has 0 aliphatic heterocycles. The van der Waals surface area contributed by atoms with Crippen molar-refractivity contribution >= 4 is 5.65 Å². The van der Waals surface area contributed by atoms with Crippen LogP contribution in [0.5, 0.6) is 0 Å². The summed E-state index contributed by atoms with van der Waals surface area (Å²) in [4.78, 5) is 6.69. The van der Waals surface area contributed by atoms with Crippen LogP contribution < -0.4 is 0 Å². The van der Waals surface area contributed by atoms with Gasteiger partial charge in [0.1, 0.15) is 5.65 Å². The van der Waals surface area contributed by atoms with E-state index >= 15 is 0 Å². The molecule has 2 aromatic rings. The number of aliphatic hydroxyl groups excluding tert-OH is 1. The van der Waals surface area contributed by atoms with Crippen molar-refractivity contribution < 1.29 is 5.11 Å². The monoisotopic (exact) mass is 219 g/mol. The summed E-state index contributed by atoms with van der Waals surface area (Å²) in [5.74, 6) is 0. The lowest BCUT2D eigenvalue weighted by molar-refractivity contribution is 0.195. The van der Waals surface area contributed by atoms with E-state index in [9.17, 15) is 0 Å². The molecule has 0 bridgehead atoms. The topological polar surface area (TPSA) is 40.8 Å². The standard InChI is InChI=1S/C12H17N3O/c1-2-14(7-8-16)9-11-10-15-6-4-3-5-12(15)13-11/h3-6,10,16H,2,7-9H2,1H3. The molecule has 2 aromatic heterocycles. The lowest BCUT2D eigenvalue weighted by atomic mass is 10.4. The van der Waals surface area contributed by atoms with Crippen molar-refractivity contribution in [3.63, 3.8) is 0 Å². The van der Waals surface area contributed by atoms with Crippen molar-refractivity contribution in [3.8, 4) is 0 Å². The van der Waals surface area contributed by atoms with Crippen molar-refractivity contribution in [1.29, 1.82) is 0 Å². The number of aliphatic hydroxyl groups is 1. The fraction of sp³-hybridized carbons (Fsp3) is 0.417. The van der Waals surface area contributed by atoms with Crippen LogP contribution in [-0.4, -0.2) is 39.1 Å². The summed E-state index contributed by atoms with van der Waals surface area (Å²) >= 11 is 0. The molecule has 0 saturated heterocycles. The van der Waals surface area contributed by atoms with Crippen LogP contribution in [0.15, 0.2) is 30.6 Å². The van der Waals surface area contributed by atoms with Crippen molar-refractivity contribution in [3.05, 3.63) is 36.3 Å². The van der Waals surface area contributed by atoms with Gasteiger partial charge in [0.25, 0.3) is 0 Å². The fourth-order valence-corrected chi connectivity index (χ4v) is 1.78. The molecule has 0 unspecified atom stereocenters. The van der Waals surface area contributed by atoms with Crippen molar-refractivity contribution in [2.24, 2.45) is 0 Å². The summed E-state index contributed by atoms with van der Waals surface area (Å²) in [5, 5.41) is 8.92. The summed E-state index contributed by atoms with van der Waals surface area (Å²) in [6, 6.07) is 5.97. The fourth-order valence-electron chi connectivity index (χ4n) is 1.78. The van der Waals surface area contributed by atoms with Gasteiger partial charge in [0, 0.05) is 25.5 Å². The van der Waals surface area contributed by atoms with Crippen LogP contribution in [0.4, 0.5) is 0 Å². The quantitative estimate of drug-likeness (QED) is 0.820. The average molecular weight is 219 g/mol. The van der Waals surface area contributed by atoms with Gasteiger partial charge in [0.15, 0.2) is 0 Å². The minimum Gasteiger partial charge on any atom is -0.395 e. The number of aromatic nitrogens is 2. The molecule has 4 heteroatoms. The molecule has 0 atom stereocenters. The Morgan fingerprint density at radius 3 is 3.00 bits per heavy atom. The molecule has 0 spiro atoms. The largest absolute Gasteiger partial charge is 0.395 e. The molecule has 2 heterocycles. The van der Waals surface area contributed by atoms with Crippen molar-refractivity contribution in [1.82, 2.24) is 14.3 Å². The third kappa shape index (κ3) is 2.40. The maximum atomic E-state index is 8.92. The second-order valence-electron chi connectivity index (χ2n) is 3.79. The van der Waals surface area contributed by atoms with Crippen LogP contribution in [0.2, 0.25) is 0 Å². The van der Waals surface area contributed by atoms with Gasteiger partial charge in [-0.3, -0.25) is 4.90 Å². The van der Waals surface area contributed by atoms with Crippen LogP contribution in [0.1, 0.15) is 12.6 Å². The smallest absolute Gasteiger partial charge is 0.137 e. The molecule has 16 heavy (non-hydrogen) atoms. The normalized spacial score (nSPS) is 11.4. The highest BCUT2D eigenvalue weighted by Crippen LogP contribution is 2.07. The minimum absolute atomic E-state index is 0.196. The maximum Gasteiger partial charge on any atom is 0.137 e. The predicted octanol–water partition coefficient (Wildman–Crippen LogP) is 1.15. The molecule has 1 N–H and O–H groups in total. The van der Waals surface area contributed by atoms with Gasteiger partial charge in [-0.05, 0) is 18.7 Å². The Labute approximate surface area is 95.1 Å². The Hall–Kier alpha value is -1.39. The van der Waals surface area contributed by atoms with Crippen molar-refractivity contribution in [2.45, 2.75) is 13.5 Å². The van der Waals surface area contributed by atoms with E-state index in [1.807, 2.05) is 35.0 Å². The van der Waals surface area contributed by atoms with Gasteiger partial charge < -0.3 is 9.51 Å². The highest BCUT2D eigenvalue weighted by molar-refractivity contribution is 5.39. The van der Waals surface area contributed by atoms with Crippen LogP contribution >= 0.6 is 0 Å². The van der Waals surface area contributed by atoms with Gasteiger partial charge in [-0.2, -0.15) is 0 Å². The van der Waals surface area contributed by atoms with Gasteiger partial charge >= 0.3 is 0 Å². The van der Waals surface area contributed by atoms with Gasteiger partial charge in [-0.1, -0.05) is 13.0 Å². The Morgan fingerprint density at radius 2 is 2.31 bits per heavy atom. The van der Waals surface area contributed by atoms with Crippen LogP contribution in [0.25, 0.3) is 5.65 Å². The number of likely N-dealkylation sites (N-methyl/N-ethyl adjacent to an activating group) is 1. The molecule has 0 aliphatic carbocycles. The van der Waals surface area contributed by atoms with Gasteiger partial charge in [0.2, 0.25) is 0 Å². The molecule has 86 valence electrons. The first-order valence-corrected chi connectivity index (χ1v) is 5.59. The molecule has 2 rings (SSSR count). The number of pyridine rings is 1. The number of fused-ring (bicyclic) bond motifs is 1. The molecular weight excluding hydrogens is 202 g/mol. The first-order valence-electron chi connectivity index (χ1n) is 5.59. The lowest BCUT2D eigenvalue weighted by Crippen LogP contribution is -2.26. The number of nitrogens with zero attached hydrogens (tertiary/aromatic N) is 3. The first-order chi connectivity index (χ1) is 7.83. The SMILES string of the molecule is CCN(CCO)Cc1cn2ccccc2n1. The van der Waals surface area contributed by atoms with Gasteiger partial charge in [-0.15, -0.1) is 0 Å². The van der Waals surface area contributed by atoms with E-state index in [0.29, 0.717) is 6.54 Å². The summed E-state index contributed by atoms with van der Waals surface area (Å²) < 4.78 is 2.02. The highest BCUT2D eigenvalue weighted by atomic mass is 16.3. The van der Waals surface area contributed by atoms with Gasteiger partial charge in [0.05, 0.1) is 12.3 Å². The maximum absolute atomic E-state index is 8.92.